The SMILES string of the molecule is CC=C1C2C=C(C)CC1(N=C/C=C/c1cccc(C)c1)c1ccc(=O)[nH]c1C2. The molecule has 4 rings (SSSR count). The molecule has 2 atom stereocenters. The molecule has 0 amide bonds. The Balaban J connectivity index is 1.77. The molecular weight excluding hydrogens is 344 g/mol. The number of aryl methyl sites for hydroxylation is 1. The fourth-order valence-electron chi connectivity index (χ4n) is 4.75. The second-order valence-electron chi connectivity index (χ2n) is 7.87. The van der Waals surface area contributed by atoms with E-state index in [1.54, 1.807) is 6.07 Å². The van der Waals surface area contributed by atoms with E-state index in [2.05, 4.69) is 68.2 Å². The van der Waals surface area contributed by atoms with Crippen molar-refractivity contribution >= 4 is 12.3 Å². The van der Waals surface area contributed by atoms with Crippen LogP contribution >= 0.6 is 0 Å². The van der Waals surface area contributed by atoms with Gasteiger partial charge >= 0.3 is 0 Å². The van der Waals surface area contributed by atoms with Crippen LogP contribution in [0.25, 0.3) is 6.08 Å². The van der Waals surface area contributed by atoms with Gasteiger partial charge < -0.3 is 4.98 Å². The van der Waals surface area contributed by atoms with E-state index in [4.69, 9.17) is 4.99 Å². The van der Waals surface area contributed by atoms with Gasteiger partial charge in [-0.25, -0.2) is 0 Å². The van der Waals surface area contributed by atoms with Gasteiger partial charge in [0.15, 0.2) is 0 Å². The lowest BCUT2D eigenvalue weighted by molar-refractivity contribution is 0.413. The summed E-state index contributed by atoms with van der Waals surface area (Å²) in [5.74, 6) is 0.294. The number of pyridine rings is 1. The molecule has 28 heavy (non-hydrogen) atoms. The largest absolute Gasteiger partial charge is 0.326 e. The van der Waals surface area contributed by atoms with Crippen molar-refractivity contribution in [3.63, 3.8) is 0 Å². The molecule has 2 aromatic rings. The molecule has 2 aliphatic rings. The number of hydrogen-bond donors (Lipinski definition) is 1. The summed E-state index contributed by atoms with van der Waals surface area (Å²) in [6.45, 7) is 6.38. The van der Waals surface area contributed by atoms with Gasteiger partial charge in [0.2, 0.25) is 5.56 Å². The molecule has 2 bridgehead atoms. The van der Waals surface area contributed by atoms with E-state index < -0.39 is 5.54 Å². The average Bonchev–Trinajstić information content (AvgIpc) is 2.64. The van der Waals surface area contributed by atoms with E-state index >= 15 is 0 Å². The minimum Gasteiger partial charge on any atom is -0.326 e. The zero-order valence-corrected chi connectivity index (χ0v) is 16.7. The predicted molar refractivity (Wildman–Crippen MR) is 117 cm³/mol. The lowest BCUT2D eigenvalue weighted by atomic mass is 9.63. The van der Waals surface area contributed by atoms with Crippen LogP contribution in [-0.4, -0.2) is 11.2 Å². The topological polar surface area (TPSA) is 45.2 Å². The molecule has 1 heterocycles. The monoisotopic (exact) mass is 370 g/mol. The summed E-state index contributed by atoms with van der Waals surface area (Å²) in [7, 11) is 0. The second-order valence-corrected chi connectivity index (χ2v) is 7.87. The Bertz CT molecular complexity index is 1080. The van der Waals surface area contributed by atoms with Crippen molar-refractivity contribution in [2.75, 3.05) is 0 Å². The third-order valence-corrected chi connectivity index (χ3v) is 5.79. The van der Waals surface area contributed by atoms with Crippen LogP contribution in [0.4, 0.5) is 0 Å². The van der Waals surface area contributed by atoms with Crippen LogP contribution in [-0.2, 0) is 12.0 Å². The summed E-state index contributed by atoms with van der Waals surface area (Å²) in [4.78, 5) is 20.1. The highest BCUT2D eigenvalue weighted by Crippen LogP contribution is 2.51. The van der Waals surface area contributed by atoms with E-state index in [1.165, 1.54) is 22.3 Å². The standard InChI is InChI=1S/C25H26N2O/c1-4-21-20-14-18(3)16-25(21,22-10-11-24(28)27-23(22)15-20)26-12-6-9-19-8-5-7-17(2)13-19/h4-14,20H,15-16H2,1-3H3,(H,27,28)/b9-6+,21-4?,26-12?. The fraction of sp³-hybridized carbons (Fsp3) is 0.280. The van der Waals surface area contributed by atoms with Crippen LogP contribution in [0.5, 0.6) is 0 Å². The summed E-state index contributed by atoms with van der Waals surface area (Å²) >= 11 is 0. The number of aliphatic imine (C=N–C) groups is 1. The van der Waals surface area contributed by atoms with Gasteiger partial charge in [-0.05, 0) is 50.5 Å². The van der Waals surface area contributed by atoms with E-state index in [1.807, 2.05) is 18.4 Å². The van der Waals surface area contributed by atoms with E-state index in [0.29, 0.717) is 5.92 Å². The number of nitrogens with zero attached hydrogens (tertiary/aromatic N) is 1. The molecule has 1 N–H and O–H groups in total. The molecule has 0 aliphatic heterocycles. The molecule has 2 aliphatic carbocycles. The number of H-pyrrole nitrogens is 1. The molecule has 1 aromatic heterocycles. The van der Waals surface area contributed by atoms with Crippen LogP contribution in [0.3, 0.4) is 0 Å². The Morgan fingerprint density at radius 3 is 2.86 bits per heavy atom. The van der Waals surface area contributed by atoms with Crippen LogP contribution in [0.2, 0.25) is 0 Å². The molecule has 0 fully saturated rings. The van der Waals surface area contributed by atoms with Gasteiger partial charge in [-0.2, -0.15) is 0 Å². The number of benzene rings is 1. The molecule has 3 nitrogen and oxygen atoms in total. The summed E-state index contributed by atoms with van der Waals surface area (Å²) in [5, 5.41) is 0. The smallest absolute Gasteiger partial charge is 0.248 e. The Kier molecular flexibility index (Phi) is 4.76. The number of rotatable bonds is 3. The van der Waals surface area contributed by atoms with E-state index in [-0.39, 0.29) is 5.56 Å². The van der Waals surface area contributed by atoms with Crippen LogP contribution in [0.15, 0.2) is 75.6 Å². The van der Waals surface area contributed by atoms with E-state index in [9.17, 15) is 4.79 Å². The van der Waals surface area contributed by atoms with E-state index in [0.717, 1.165) is 24.1 Å². The normalized spacial score (nSPS) is 25.3. The van der Waals surface area contributed by atoms with Gasteiger partial charge in [-0.15, -0.1) is 0 Å². The van der Waals surface area contributed by atoms with Gasteiger partial charge in [0.05, 0.1) is 0 Å². The molecular formula is C25H26N2O. The lowest BCUT2D eigenvalue weighted by Gasteiger charge is -2.45. The van der Waals surface area contributed by atoms with Crippen molar-refractivity contribution in [2.45, 2.75) is 39.2 Å². The number of aromatic amines is 1. The molecule has 1 aromatic carbocycles. The van der Waals surface area contributed by atoms with Crippen molar-refractivity contribution in [2.24, 2.45) is 10.9 Å². The van der Waals surface area contributed by atoms with Gasteiger partial charge in [0.1, 0.15) is 5.54 Å². The Morgan fingerprint density at radius 1 is 1.21 bits per heavy atom. The zero-order valence-electron chi connectivity index (χ0n) is 16.7. The van der Waals surface area contributed by atoms with Crippen LogP contribution < -0.4 is 5.56 Å². The molecule has 0 spiro atoms. The highest BCUT2D eigenvalue weighted by molar-refractivity contribution is 5.79. The maximum Gasteiger partial charge on any atom is 0.248 e. The third-order valence-electron chi connectivity index (χ3n) is 5.79. The second kappa shape index (κ2) is 7.23. The Hall–Kier alpha value is -2.94. The molecule has 0 saturated heterocycles. The number of hydrogen-bond acceptors (Lipinski definition) is 2. The molecule has 3 heteroatoms. The quantitative estimate of drug-likeness (QED) is 0.591. The maximum absolute atomic E-state index is 11.9. The zero-order chi connectivity index (χ0) is 19.7. The van der Waals surface area contributed by atoms with Gasteiger partial charge in [-0.1, -0.05) is 53.6 Å². The third kappa shape index (κ3) is 3.22. The van der Waals surface area contributed by atoms with Crippen molar-refractivity contribution < 1.29 is 0 Å². The minimum atomic E-state index is -0.424. The first kappa shape index (κ1) is 18.4. The number of nitrogens with one attached hydrogen (secondary N) is 1. The highest BCUT2D eigenvalue weighted by atomic mass is 16.1. The van der Waals surface area contributed by atoms with Gasteiger partial charge in [0.25, 0.3) is 0 Å². The van der Waals surface area contributed by atoms with Crippen molar-refractivity contribution in [1.29, 1.82) is 0 Å². The summed E-state index contributed by atoms with van der Waals surface area (Å²) < 4.78 is 0. The minimum absolute atomic E-state index is 0.0417. The molecule has 142 valence electrons. The van der Waals surface area contributed by atoms with Crippen molar-refractivity contribution in [1.82, 2.24) is 4.98 Å². The first-order valence-corrected chi connectivity index (χ1v) is 9.87. The fourth-order valence-corrected chi connectivity index (χ4v) is 4.75. The average molecular weight is 370 g/mol. The molecule has 0 radical (unpaired) electrons. The highest BCUT2D eigenvalue weighted by Gasteiger charge is 2.46. The number of fused-ring (bicyclic) bond motifs is 4. The van der Waals surface area contributed by atoms with Crippen molar-refractivity contribution in [3.05, 3.63) is 98.5 Å². The summed E-state index contributed by atoms with van der Waals surface area (Å²) in [6, 6.07) is 12.0. The Morgan fingerprint density at radius 2 is 2.07 bits per heavy atom. The maximum atomic E-state index is 11.9. The Labute approximate surface area is 166 Å². The first-order chi connectivity index (χ1) is 13.5. The first-order valence-electron chi connectivity index (χ1n) is 9.87. The predicted octanol–water partition coefficient (Wildman–Crippen LogP) is 5.13. The summed E-state index contributed by atoms with van der Waals surface area (Å²) in [6.07, 6.45) is 12.2. The van der Waals surface area contributed by atoms with Crippen molar-refractivity contribution in [3.8, 4) is 0 Å². The molecule has 2 unspecified atom stereocenters. The molecule has 0 saturated carbocycles. The number of allylic oxidation sites excluding steroid dienone is 3. The van der Waals surface area contributed by atoms with Crippen LogP contribution in [0.1, 0.15) is 42.7 Å². The number of aromatic nitrogens is 1. The summed E-state index contributed by atoms with van der Waals surface area (Å²) in [5.41, 5.74) is 6.78. The van der Waals surface area contributed by atoms with Crippen LogP contribution in [0, 0.1) is 12.8 Å². The van der Waals surface area contributed by atoms with Gasteiger partial charge in [-0.3, -0.25) is 9.79 Å². The van der Waals surface area contributed by atoms with Gasteiger partial charge in [0, 0.05) is 35.9 Å². The lowest BCUT2D eigenvalue weighted by Crippen LogP contribution is -2.40.